The molecule has 0 unspecified atom stereocenters. The van der Waals surface area contributed by atoms with E-state index in [0.29, 0.717) is 37.4 Å². The maximum atomic E-state index is 13.0. The minimum atomic E-state index is -0.395. The molecule has 0 atom stereocenters. The largest absolute Gasteiger partial charge is 0.492 e. The lowest BCUT2D eigenvalue weighted by Crippen LogP contribution is -2.14. The van der Waals surface area contributed by atoms with Crippen molar-refractivity contribution in [2.24, 2.45) is 5.73 Å². The number of anilines is 1. The molecule has 102 valence electrons. The topological polar surface area (TPSA) is 64.3 Å². The van der Waals surface area contributed by atoms with Gasteiger partial charge in [-0.05, 0) is 32.0 Å². The van der Waals surface area contributed by atoms with Crippen LogP contribution in [-0.2, 0) is 4.79 Å². The lowest BCUT2D eigenvalue weighted by Gasteiger charge is -2.11. The van der Waals surface area contributed by atoms with Crippen LogP contribution in [0.4, 0.5) is 10.1 Å². The SMILES string of the molecule is CCOc1cc(F)ccc1NC(=O)CCCN.Cl. The Morgan fingerprint density at radius 3 is 2.83 bits per heavy atom. The van der Waals surface area contributed by atoms with Gasteiger partial charge in [0.2, 0.25) is 5.91 Å². The van der Waals surface area contributed by atoms with Crippen molar-refractivity contribution in [2.75, 3.05) is 18.5 Å². The molecule has 18 heavy (non-hydrogen) atoms. The van der Waals surface area contributed by atoms with Crippen LogP contribution >= 0.6 is 12.4 Å². The van der Waals surface area contributed by atoms with Gasteiger partial charge >= 0.3 is 0 Å². The zero-order valence-corrected chi connectivity index (χ0v) is 11.1. The van der Waals surface area contributed by atoms with Gasteiger partial charge in [-0.25, -0.2) is 4.39 Å². The number of rotatable bonds is 6. The predicted octanol–water partition coefficient (Wildman–Crippen LogP) is 2.32. The van der Waals surface area contributed by atoms with E-state index in [9.17, 15) is 9.18 Å². The molecule has 0 heterocycles. The first-order valence-corrected chi connectivity index (χ1v) is 5.59. The van der Waals surface area contributed by atoms with Gasteiger partial charge in [0.1, 0.15) is 11.6 Å². The van der Waals surface area contributed by atoms with Crippen molar-refractivity contribution in [2.45, 2.75) is 19.8 Å². The van der Waals surface area contributed by atoms with Crippen molar-refractivity contribution in [1.29, 1.82) is 0 Å². The van der Waals surface area contributed by atoms with E-state index in [1.165, 1.54) is 18.2 Å². The molecule has 1 aromatic carbocycles. The summed E-state index contributed by atoms with van der Waals surface area (Å²) in [7, 11) is 0. The van der Waals surface area contributed by atoms with Crippen LogP contribution in [0, 0.1) is 5.82 Å². The van der Waals surface area contributed by atoms with Crippen LogP contribution in [0.1, 0.15) is 19.8 Å². The molecule has 0 aliphatic carbocycles. The van der Waals surface area contributed by atoms with E-state index in [-0.39, 0.29) is 18.3 Å². The number of hydrogen-bond donors (Lipinski definition) is 2. The van der Waals surface area contributed by atoms with Crippen molar-refractivity contribution < 1.29 is 13.9 Å². The van der Waals surface area contributed by atoms with E-state index >= 15 is 0 Å². The third-order valence-electron chi connectivity index (χ3n) is 2.13. The summed E-state index contributed by atoms with van der Waals surface area (Å²) in [5, 5.41) is 2.67. The number of hydrogen-bond acceptors (Lipinski definition) is 3. The Hall–Kier alpha value is -1.33. The lowest BCUT2D eigenvalue weighted by atomic mass is 10.2. The Balaban J connectivity index is 0.00000289. The molecule has 1 rings (SSSR count). The number of nitrogens with two attached hydrogens (primary N) is 1. The van der Waals surface area contributed by atoms with E-state index < -0.39 is 5.82 Å². The number of benzene rings is 1. The Bertz CT molecular complexity index is 388. The number of carbonyl (C=O) groups is 1. The minimum Gasteiger partial charge on any atom is -0.492 e. The average Bonchev–Trinajstić information content (AvgIpc) is 2.30. The van der Waals surface area contributed by atoms with Gasteiger partial charge in [-0.1, -0.05) is 0 Å². The monoisotopic (exact) mass is 276 g/mol. The van der Waals surface area contributed by atoms with Crippen LogP contribution in [0.3, 0.4) is 0 Å². The van der Waals surface area contributed by atoms with E-state index in [4.69, 9.17) is 10.5 Å². The van der Waals surface area contributed by atoms with Gasteiger partial charge in [-0.3, -0.25) is 4.79 Å². The van der Waals surface area contributed by atoms with E-state index in [2.05, 4.69) is 5.32 Å². The third kappa shape index (κ3) is 5.33. The van der Waals surface area contributed by atoms with Crippen LogP contribution in [0.15, 0.2) is 18.2 Å². The summed E-state index contributed by atoms with van der Waals surface area (Å²) >= 11 is 0. The van der Waals surface area contributed by atoms with Crippen molar-refractivity contribution in [3.63, 3.8) is 0 Å². The van der Waals surface area contributed by atoms with Crippen molar-refractivity contribution in [3.05, 3.63) is 24.0 Å². The first-order chi connectivity index (χ1) is 8.17. The molecular weight excluding hydrogens is 259 g/mol. The van der Waals surface area contributed by atoms with Crippen LogP contribution in [0.25, 0.3) is 0 Å². The molecule has 0 saturated heterocycles. The fourth-order valence-corrected chi connectivity index (χ4v) is 1.35. The predicted molar refractivity (Wildman–Crippen MR) is 71.7 cm³/mol. The van der Waals surface area contributed by atoms with Gasteiger partial charge in [0, 0.05) is 12.5 Å². The fraction of sp³-hybridized carbons (Fsp3) is 0.417. The van der Waals surface area contributed by atoms with E-state index in [1.54, 1.807) is 6.92 Å². The zero-order valence-electron chi connectivity index (χ0n) is 10.2. The molecule has 4 nitrogen and oxygen atoms in total. The van der Waals surface area contributed by atoms with Gasteiger partial charge in [0.25, 0.3) is 0 Å². The quantitative estimate of drug-likeness (QED) is 0.838. The van der Waals surface area contributed by atoms with Gasteiger partial charge in [0.15, 0.2) is 0 Å². The Kier molecular flexibility index (Phi) is 8.07. The second-order valence-electron chi connectivity index (χ2n) is 3.51. The highest BCUT2D eigenvalue weighted by Gasteiger charge is 2.08. The maximum Gasteiger partial charge on any atom is 0.224 e. The minimum absolute atomic E-state index is 0. The second-order valence-corrected chi connectivity index (χ2v) is 3.51. The fourth-order valence-electron chi connectivity index (χ4n) is 1.35. The summed E-state index contributed by atoms with van der Waals surface area (Å²) in [6, 6.07) is 4.02. The molecule has 0 aliphatic heterocycles. The Morgan fingerprint density at radius 1 is 1.50 bits per heavy atom. The zero-order chi connectivity index (χ0) is 12.7. The molecule has 0 spiro atoms. The Morgan fingerprint density at radius 2 is 2.22 bits per heavy atom. The molecule has 0 radical (unpaired) electrons. The lowest BCUT2D eigenvalue weighted by molar-refractivity contribution is -0.116. The third-order valence-corrected chi connectivity index (χ3v) is 2.13. The summed E-state index contributed by atoms with van der Waals surface area (Å²) in [6.07, 6.45) is 0.969. The highest BCUT2D eigenvalue weighted by molar-refractivity contribution is 5.92. The molecule has 0 bridgehead atoms. The highest BCUT2D eigenvalue weighted by Crippen LogP contribution is 2.25. The normalized spacial score (nSPS) is 9.50. The molecule has 6 heteroatoms. The number of ether oxygens (including phenoxy) is 1. The summed E-state index contributed by atoms with van der Waals surface area (Å²) in [5.74, 6) is -0.204. The molecule has 3 N–H and O–H groups in total. The van der Waals surface area contributed by atoms with Gasteiger partial charge in [-0.2, -0.15) is 0 Å². The van der Waals surface area contributed by atoms with Crippen LogP contribution in [-0.4, -0.2) is 19.1 Å². The van der Waals surface area contributed by atoms with Crippen molar-refractivity contribution in [3.8, 4) is 5.75 Å². The molecule has 1 amide bonds. The Labute approximate surface area is 112 Å². The highest BCUT2D eigenvalue weighted by atomic mass is 35.5. The summed E-state index contributed by atoms with van der Waals surface area (Å²) < 4.78 is 18.2. The molecule has 0 saturated carbocycles. The number of carbonyl (C=O) groups excluding carboxylic acids is 1. The molecule has 1 aromatic rings. The second kappa shape index (κ2) is 8.72. The van der Waals surface area contributed by atoms with Crippen LogP contribution < -0.4 is 15.8 Å². The summed E-state index contributed by atoms with van der Waals surface area (Å²) in [4.78, 5) is 11.5. The van der Waals surface area contributed by atoms with E-state index in [1.807, 2.05) is 0 Å². The van der Waals surface area contributed by atoms with Crippen LogP contribution in [0.5, 0.6) is 5.75 Å². The van der Waals surface area contributed by atoms with Crippen LogP contribution in [0.2, 0.25) is 0 Å². The molecule has 0 aliphatic rings. The van der Waals surface area contributed by atoms with Gasteiger partial charge in [-0.15, -0.1) is 12.4 Å². The molecule has 0 aromatic heterocycles. The number of amides is 1. The standard InChI is InChI=1S/C12H17FN2O2.ClH/c1-2-17-11-8-9(13)5-6-10(11)15-12(16)4-3-7-14;/h5-6,8H,2-4,7,14H2,1H3,(H,15,16);1H. The smallest absolute Gasteiger partial charge is 0.224 e. The van der Waals surface area contributed by atoms with Gasteiger partial charge < -0.3 is 15.8 Å². The van der Waals surface area contributed by atoms with Crippen molar-refractivity contribution >= 4 is 24.0 Å². The number of halogens is 2. The summed E-state index contributed by atoms with van der Waals surface area (Å²) in [6.45, 7) is 2.68. The average molecular weight is 277 g/mol. The maximum absolute atomic E-state index is 13.0. The summed E-state index contributed by atoms with van der Waals surface area (Å²) in [5.41, 5.74) is 5.80. The van der Waals surface area contributed by atoms with Gasteiger partial charge in [0.05, 0.1) is 12.3 Å². The molecule has 0 fully saturated rings. The van der Waals surface area contributed by atoms with E-state index in [0.717, 1.165) is 0 Å². The van der Waals surface area contributed by atoms with Crippen molar-refractivity contribution in [1.82, 2.24) is 0 Å². The first-order valence-electron chi connectivity index (χ1n) is 5.59. The number of nitrogens with one attached hydrogen (secondary N) is 1. The first kappa shape index (κ1) is 16.7. The molecular formula is C12H18ClFN2O2.